The summed E-state index contributed by atoms with van der Waals surface area (Å²) in [6.07, 6.45) is 8.53. The highest BCUT2D eigenvalue weighted by molar-refractivity contribution is 8.02. The number of carbonyl (C=O) groups is 3. The molecule has 0 bridgehead atoms. The van der Waals surface area contributed by atoms with Crippen molar-refractivity contribution in [1.29, 1.82) is 0 Å². The molecular weight excluding hydrogens is 629 g/mol. The van der Waals surface area contributed by atoms with Crippen molar-refractivity contribution in [3.8, 4) is 5.75 Å². The number of thioether (sulfide) groups is 1. The summed E-state index contributed by atoms with van der Waals surface area (Å²) in [5.41, 5.74) is 2.24. The first-order valence-electron chi connectivity index (χ1n) is 16.7. The Bertz CT molecular complexity index is 1790. The number of hydrogen-bond donors (Lipinski definition) is 1. The van der Waals surface area contributed by atoms with E-state index in [1.807, 2.05) is 94.5 Å². The first kappa shape index (κ1) is 32.4. The predicted octanol–water partition coefficient (Wildman–Crippen LogP) is 3.88. The van der Waals surface area contributed by atoms with Crippen molar-refractivity contribution in [1.82, 2.24) is 24.8 Å². The van der Waals surface area contributed by atoms with Gasteiger partial charge in [0.2, 0.25) is 17.7 Å². The van der Waals surface area contributed by atoms with E-state index in [9.17, 15) is 19.5 Å². The van der Waals surface area contributed by atoms with E-state index in [-0.39, 0.29) is 36.9 Å². The molecule has 1 aromatic heterocycles. The molecule has 48 heavy (non-hydrogen) atoms. The molecule has 2 fully saturated rings. The van der Waals surface area contributed by atoms with Gasteiger partial charge in [0.15, 0.2) is 0 Å². The summed E-state index contributed by atoms with van der Waals surface area (Å²) in [7, 11) is 0. The Labute approximate surface area is 284 Å². The Kier molecular flexibility index (Phi) is 8.35. The fourth-order valence-corrected chi connectivity index (χ4v) is 10.3. The Hall–Kier alpha value is -4.16. The Morgan fingerprint density at radius 1 is 0.979 bits per heavy atom. The van der Waals surface area contributed by atoms with E-state index in [0.717, 1.165) is 16.8 Å². The van der Waals surface area contributed by atoms with Gasteiger partial charge in [0.1, 0.15) is 24.0 Å². The van der Waals surface area contributed by atoms with E-state index in [2.05, 4.69) is 16.4 Å². The van der Waals surface area contributed by atoms with Gasteiger partial charge < -0.3 is 24.5 Å². The fraction of sp³-hybridized carbons (Fsp3) is 0.472. The number of likely N-dealkylation sites (tertiary alicyclic amines) is 1. The number of nitrogens with zero attached hydrogens (tertiary/aromatic N) is 6. The molecule has 3 amide bonds. The molecule has 5 heterocycles. The van der Waals surface area contributed by atoms with Crippen LogP contribution in [0, 0.1) is 17.8 Å². The number of ether oxygens (including phenoxy) is 1. The zero-order valence-electron chi connectivity index (χ0n) is 27.7. The normalized spacial score (nSPS) is 28.9. The van der Waals surface area contributed by atoms with Crippen LogP contribution in [-0.2, 0) is 21.1 Å². The van der Waals surface area contributed by atoms with Gasteiger partial charge in [0, 0.05) is 23.5 Å². The highest BCUT2D eigenvalue weighted by Crippen LogP contribution is 2.66. The Morgan fingerprint density at radius 2 is 1.73 bits per heavy atom. The molecule has 0 radical (unpaired) electrons. The van der Waals surface area contributed by atoms with Crippen LogP contribution >= 0.6 is 11.8 Å². The van der Waals surface area contributed by atoms with E-state index in [1.165, 1.54) is 11.8 Å². The smallest absolute Gasteiger partial charge is 0.248 e. The summed E-state index contributed by atoms with van der Waals surface area (Å²) in [6, 6.07) is 13.5. The SMILES string of the molecule is CCOc1ccc(N2CC=C[C@]3(C)S[C@]45C=CCN(Cn6nnc7ccccc76)C(=O)C4N([C@@H](CO)CC(C)C)C(=O)[C@@H]5[C@@H]3C2=O)cc1. The molecule has 2 aromatic carbocycles. The molecule has 252 valence electrons. The first-order valence-corrected chi connectivity index (χ1v) is 17.5. The third-order valence-electron chi connectivity index (χ3n) is 10.1. The highest BCUT2D eigenvalue weighted by atomic mass is 32.2. The van der Waals surface area contributed by atoms with E-state index in [4.69, 9.17) is 4.74 Å². The number of hydrogen-bond acceptors (Lipinski definition) is 8. The van der Waals surface area contributed by atoms with E-state index in [0.29, 0.717) is 31.8 Å². The van der Waals surface area contributed by atoms with Crippen molar-refractivity contribution in [2.45, 2.75) is 62.4 Å². The molecule has 4 aliphatic heterocycles. The molecule has 12 heteroatoms. The van der Waals surface area contributed by atoms with Crippen LogP contribution in [-0.4, -0.2) is 95.5 Å². The largest absolute Gasteiger partial charge is 0.494 e. The second kappa shape index (κ2) is 12.4. The maximum Gasteiger partial charge on any atom is 0.248 e. The molecule has 1 spiro atoms. The fourth-order valence-electron chi connectivity index (χ4n) is 8.15. The maximum absolute atomic E-state index is 15.0. The number of aliphatic hydroxyl groups excluding tert-OH is 1. The minimum Gasteiger partial charge on any atom is -0.494 e. The van der Waals surface area contributed by atoms with Gasteiger partial charge in [-0.25, -0.2) is 4.68 Å². The average Bonchev–Trinajstić information content (AvgIpc) is 3.60. The monoisotopic (exact) mass is 670 g/mol. The zero-order chi connectivity index (χ0) is 33.8. The van der Waals surface area contributed by atoms with Crippen LogP contribution < -0.4 is 9.64 Å². The number of para-hydroxylation sites is 1. The molecular formula is C36H42N6O5S. The highest BCUT2D eigenvalue weighted by Gasteiger charge is 2.74. The molecule has 0 aliphatic carbocycles. The average molecular weight is 671 g/mol. The van der Waals surface area contributed by atoms with E-state index < -0.39 is 33.4 Å². The minimum atomic E-state index is -1.03. The van der Waals surface area contributed by atoms with Gasteiger partial charge in [-0.05, 0) is 62.6 Å². The van der Waals surface area contributed by atoms with Gasteiger partial charge in [-0.2, -0.15) is 0 Å². The van der Waals surface area contributed by atoms with E-state index >= 15 is 0 Å². The van der Waals surface area contributed by atoms with Crippen LogP contribution in [0.3, 0.4) is 0 Å². The molecule has 3 aromatic rings. The molecule has 7 rings (SSSR count). The van der Waals surface area contributed by atoms with Crippen LogP contribution in [0.15, 0.2) is 72.8 Å². The minimum absolute atomic E-state index is 0.145. The second-order valence-corrected chi connectivity index (χ2v) is 15.5. The van der Waals surface area contributed by atoms with Crippen molar-refractivity contribution in [3.05, 3.63) is 72.8 Å². The summed E-state index contributed by atoms with van der Waals surface area (Å²) >= 11 is 1.54. The molecule has 0 saturated carbocycles. The van der Waals surface area contributed by atoms with Crippen LogP contribution in [0.2, 0.25) is 0 Å². The van der Waals surface area contributed by atoms with Gasteiger partial charge in [-0.15, -0.1) is 16.9 Å². The summed E-state index contributed by atoms with van der Waals surface area (Å²) in [5, 5.41) is 19.3. The third-order valence-corrected chi connectivity index (χ3v) is 11.9. The van der Waals surface area contributed by atoms with Crippen LogP contribution in [0.25, 0.3) is 11.0 Å². The lowest BCUT2D eigenvalue weighted by Crippen LogP contribution is -2.57. The number of rotatable bonds is 9. The number of fused-ring (bicyclic) bond motifs is 3. The summed E-state index contributed by atoms with van der Waals surface area (Å²) in [4.78, 5) is 49.7. The number of amides is 3. The molecule has 1 unspecified atom stereocenters. The predicted molar refractivity (Wildman–Crippen MR) is 184 cm³/mol. The van der Waals surface area contributed by atoms with Crippen molar-refractivity contribution in [2.24, 2.45) is 17.8 Å². The number of aliphatic hydroxyl groups is 1. The van der Waals surface area contributed by atoms with Gasteiger partial charge >= 0.3 is 0 Å². The maximum atomic E-state index is 15.0. The Balaban J connectivity index is 1.30. The number of carbonyl (C=O) groups excluding carboxylic acids is 3. The molecule has 4 aliphatic rings. The van der Waals surface area contributed by atoms with Gasteiger partial charge in [0.05, 0.1) is 41.4 Å². The third kappa shape index (κ3) is 5.11. The van der Waals surface area contributed by atoms with Gasteiger partial charge in [-0.3, -0.25) is 14.4 Å². The van der Waals surface area contributed by atoms with Crippen molar-refractivity contribution < 1.29 is 24.2 Å². The summed E-state index contributed by atoms with van der Waals surface area (Å²) in [6.45, 7) is 9.08. The lowest BCUT2D eigenvalue weighted by Gasteiger charge is -2.40. The van der Waals surface area contributed by atoms with Gasteiger partial charge in [-0.1, -0.05) is 55.5 Å². The Morgan fingerprint density at radius 3 is 2.46 bits per heavy atom. The van der Waals surface area contributed by atoms with Crippen molar-refractivity contribution in [3.63, 3.8) is 0 Å². The number of anilines is 1. The second-order valence-electron chi connectivity index (χ2n) is 13.7. The quantitative estimate of drug-likeness (QED) is 0.341. The number of aromatic nitrogens is 3. The van der Waals surface area contributed by atoms with E-state index in [1.54, 1.807) is 19.4 Å². The van der Waals surface area contributed by atoms with Crippen LogP contribution in [0.4, 0.5) is 5.69 Å². The van der Waals surface area contributed by atoms with Crippen molar-refractivity contribution in [2.75, 3.05) is 31.2 Å². The lowest BCUT2D eigenvalue weighted by molar-refractivity contribution is -0.147. The molecule has 1 N–H and O–H groups in total. The standard InChI is InChI=1S/C36H42N6O5S/c1-5-47-26-14-12-24(13-15-26)40-19-8-16-35(4)29(32(40)44)30-33(45)42(25(21-43)20-23(2)3)31-34(46)39(18-9-17-36(30,31)48-35)22-41-28-11-7-6-10-27(28)37-38-41/h6-17,23,25,29-31,43H,5,18-22H2,1-4H3/t25-,29-,30+,31?,35+,36+/m1/s1. The number of benzene rings is 2. The summed E-state index contributed by atoms with van der Waals surface area (Å²) < 4.78 is 5.54. The van der Waals surface area contributed by atoms with Crippen LogP contribution in [0.1, 0.15) is 34.1 Å². The van der Waals surface area contributed by atoms with Crippen LogP contribution in [0.5, 0.6) is 5.75 Å². The van der Waals surface area contributed by atoms with Gasteiger partial charge in [0.25, 0.3) is 0 Å². The molecule has 2 saturated heterocycles. The van der Waals surface area contributed by atoms with Crippen molar-refractivity contribution >= 4 is 46.2 Å². The molecule has 11 nitrogen and oxygen atoms in total. The first-order chi connectivity index (χ1) is 23.1. The topological polar surface area (TPSA) is 121 Å². The zero-order valence-corrected chi connectivity index (χ0v) is 28.5. The summed E-state index contributed by atoms with van der Waals surface area (Å²) in [5.74, 6) is -1.32. The molecule has 6 atom stereocenters. The lowest BCUT2D eigenvalue weighted by atomic mass is 9.74.